The van der Waals surface area contributed by atoms with Gasteiger partial charge in [0, 0.05) is 45.0 Å². The van der Waals surface area contributed by atoms with Crippen LogP contribution in [0.4, 0.5) is 0 Å². The van der Waals surface area contributed by atoms with E-state index in [0.717, 1.165) is 112 Å². The number of aromatic nitrogens is 8. The van der Waals surface area contributed by atoms with Crippen LogP contribution in [-0.4, -0.2) is 46.3 Å². The highest BCUT2D eigenvalue weighted by Crippen LogP contribution is 2.34. The first-order chi connectivity index (χ1) is 42.2. The molecule has 0 fully saturated rings. The summed E-state index contributed by atoms with van der Waals surface area (Å²) in [7, 11) is -3.34. The zero-order valence-electron chi connectivity index (χ0n) is 46.1. The van der Waals surface area contributed by atoms with E-state index in [1.54, 1.807) is 0 Å². The summed E-state index contributed by atoms with van der Waals surface area (Å²) >= 11 is 0. The van der Waals surface area contributed by atoms with Gasteiger partial charge in [-0.3, -0.25) is 18.3 Å². The highest BCUT2D eigenvalue weighted by Gasteiger charge is 2.42. The second kappa shape index (κ2) is 20.6. The van der Waals surface area contributed by atoms with Crippen molar-refractivity contribution in [3.63, 3.8) is 0 Å². The molecule has 0 saturated carbocycles. The van der Waals surface area contributed by atoms with Crippen LogP contribution in [0.5, 0.6) is 0 Å². The second-order valence-electron chi connectivity index (χ2n) is 21.4. The van der Waals surface area contributed by atoms with Crippen molar-refractivity contribution in [3.8, 4) is 68.3 Å². The van der Waals surface area contributed by atoms with E-state index in [-0.39, 0.29) is 0 Å². The van der Waals surface area contributed by atoms with Crippen LogP contribution in [0, 0.1) is 0 Å². The molecular formula is C76H52N8Si. The largest absolute Gasteiger partial charge is 0.292 e. The highest BCUT2D eigenvalue weighted by atomic mass is 28.3. The molecule has 0 N–H and O–H groups in total. The molecule has 16 rings (SSSR count). The van der Waals surface area contributed by atoms with Crippen LogP contribution >= 0.6 is 0 Å². The lowest BCUT2D eigenvalue weighted by Gasteiger charge is -2.35. The number of hydrogen-bond donors (Lipinski definition) is 0. The van der Waals surface area contributed by atoms with Gasteiger partial charge in [-0.2, -0.15) is 0 Å². The van der Waals surface area contributed by atoms with Gasteiger partial charge in [-0.1, -0.05) is 218 Å². The Hall–Kier alpha value is -11.3. The molecule has 4 heterocycles. The van der Waals surface area contributed by atoms with Gasteiger partial charge in [-0.25, -0.2) is 19.9 Å². The Kier molecular flexibility index (Phi) is 12.0. The van der Waals surface area contributed by atoms with E-state index < -0.39 is 8.07 Å². The molecule has 8 nitrogen and oxygen atoms in total. The summed E-state index contributed by atoms with van der Waals surface area (Å²) in [6.45, 7) is 0. The van der Waals surface area contributed by atoms with Crippen LogP contribution in [0.1, 0.15) is 0 Å². The minimum Gasteiger partial charge on any atom is -0.292 e. The smallest absolute Gasteiger partial charge is 0.179 e. The van der Waals surface area contributed by atoms with Crippen LogP contribution < -0.4 is 20.7 Å². The number of fused-ring (bicyclic) bond motifs is 4. The third kappa shape index (κ3) is 8.35. The Morgan fingerprint density at radius 1 is 0.188 bits per heavy atom. The van der Waals surface area contributed by atoms with Crippen LogP contribution in [0.3, 0.4) is 0 Å². The Morgan fingerprint density at radius 2 is 0.376 bits per heavy atom. The minimum absolute atomic E-state index is 0.883. The van der Waals surface area contributed by atoms with Gasteiger partial charge in [0.05, 0.1) is 44.1 Å². The van der Waals surface area contributed by atoms with E-state index >= 15 is 0 Å². The van der Waals surface area contributed by atoms with Crippen molar-refractivity contribution in [1.29, 1.82) is 0 Å². The fourth-order valence-corrected chi connectivity index (χ4v) is 17.4. The number of rotatable bonds is 12. The average Bonchev–Trinajstić information content (AvgIpc) is 1.98. The molecule has 0 radical (unpaired) electrons. The average molecular weight is 1110 g/mol. The van der Waals surface area contributed by atoms with Crippen molar-refractivity contribution in [2.45, 2.75) is 0 Å². The van der Waals surface area contributed by atoms with Crippen LogP contribution in [0.2, 0.25) is 0 Å². The lowest BCUT2D eigenvalue weighted by Crippen LogP contribution is -2.74. The van der Waals surface area contributed by atoms with E-state index in [2.05, 4.69) is 334 Å². The fraction of sp³-hybridized carbons (Fsp3) is 0. The van der Waals surface area contributed by atoms with Gasteiger partial charge in [0.1, 0.15) is 23.3 Å². The van der Waals surface area contributed by atoms with E-state index in [4.69, 9.17) is 19.9 Å². The summed E-state index contributed by atoms with van der Waals surface area (Å²) in [5.74, 6) is 3.53. The van der Waals surface area contributed by atoms with Crippen molar-refractivity contribution in [1.82, 2.24) is 38.2 Å². The van der Waals surface area contributed by atoms with Gasteiger partial charge in [0.25, 0.3) is 0 Å². The number of benzene rings is 12. The molecular weight excluding hydrogens is 1050 g/mol. The minimum atomic E-state index is -3.34. The summed E-state index contributed by atoms with van der Waals surface area (Å²) in [6.07, 6.45) is 0. The molecule has 0 bridgehead atoms. The molecule has 0 amide bonds. The molecule has 0 aliphatic rings. The van der Waals surface area contributed by atoms with Gasteiger partial charge in [-0.05, 0) is 118 Å². The van der Waals surface area contributed by atoms with Crippen molar-refractivity contribution in [2.24, 2.45) is 0 Å². The maximum absolute atomic E-state index is 5.33. The molecule has 16 aromatic rings. The van der Waals surface area contributed by atoms with Gasteiger partial charge in [-0.15, -0.1) is 0 Å². The van der Waals surface area contributed by atoms with Gasteiger partial charge < -0.3 is 0 Å². The normalized spacial score (nSPS) is 11.8. The molecule has 4 aromatic heterocycles. The lowest BCUT2D eigenvalue weighted by atomic mass is 10.2. The quantitative estimate of drug-likeness (QED) is 0.0903. The van der Waals surface area contributed by atoms with Crippen molar-refractivity contribution >= 4 is 73.0 Å². The molecule has 12 aromatic carbocycles. The third-order valence-corrected chi connectivity index (χ3v) is 21.4. The molecule has 0 spiro atoms. The monoisotopic (exact) mass is 1100 g/mol. The maximum Gasteiger partial charge on any atom is 0.179 e. The molecule has 0 saturated heterocycles. The van der Waals surface area contributed by atoms with Crippen molar-refractivity contribution in [3.05, 3.63) is 315 Å². The molecule has 0 aliphatic carbocycles. The van der Waals surface area contributed by atoms with Gasteiger partial charge >= 0.3 is 0 Å². The van der Waals surface area contributed by atoms with E-state index in [9.17, 15) is 0 Å². The zero-order valence-corrected chi connectivity index (χ0v) is 47.1. The van der Waals surface area contributed by atoms with Crippen molar-refractivity contribution < 1.29 is 0 Å². The Bertz CT molecular complexity index is 4420. The first kappa shape index (κ1) is 49.5. The Labute approximate surface area is 492 Å². The number of para-hydroxylation sites is 12. The SMILES string of the molecule is c1ccc(-n2c(-c3ccc([Si](c4ccc(-c5nc6ccccc6n5-c5ccccc5)cc4)(c4ccc(-c5nc6ccccc6n5-c5ccccc5)cc4)c4ccc(-c5nc6ccccc6n5-c5ccccc5)cc4)cc3)nc3ccccc32)cc1. The Morgan fingerprint density at radius 3 is 0.588 bits per heavy atom. The number of imidazole rings is 4. The van der Waals surface area contributed by atoms with E-state index in [1.807, 2.05) is 0 Å². The molecule has 9 heteroatoms. The van der Waals surface area contributed by atoms with E-state index in [0.29, 0.717) is 0 Å². The van der Waals surface area contributed by atoms with Crippen LogP contribution in [0.15, 0.2) is 315 Å². The number of nitrogens with zero attached hydrogens (tertiary/aromatic N) is 8. The molecule has 0 aliphatic heterocycles. The van der Waals surface area contributed by atoms with Crippen LogP contribution in [0.25, 0.3) is 112 Å². The highest BCUT2D eigenvalue weighted by molar-refractivity contribution is 7.19. The molecule has 0 unspecified atom stereocenters. The maximum atomic E-state index is 5.33. The summed E-state index contributed by atoms with van der Waals surface area (Å²) in [4.78, 5) is 21.3. The van der Waals surface area contributed by atoms with Gasteiger partial charge in [0.2, 0.25) is 0 Å². The molecule has 85 heavy (non-hydrogen) atoms. The summed E-state index contributed by atoms with van der Waals surface area (Å²) in [6, 6.07) is 113. The predicted molar refractivity (Wildman–Crippen MR) is 350 cm³/mol. The summed E-state index contributed by atoms with van der Waals surface area (Å²) in [5.41, 5.74) is 16.3. The lowest BCUT2D eigenvalue weighted by molar-refractivity contribution is 1.10. The number of hydrogen-bond acceptors (Lipinski definition) is 4. The second-order valence-corrected chi connectivity index (χ2v) is 25.2. The standard InChI is InChI=1S/C76H52N8Si/c1-5-21-57(22-6-1)81-69-33-17-13-29-65(69)77-73(81)53-37-45-61(46-38-53)85(62-47-39-54(40-48-62)74-78-66-30-14-18-34-70(66)82(74)58-23-7-2-8-24-58,63-49-41-55(42-50-63)75-79-67-31-15-19-35-71(67)83(75)59-25-9-3-10-26-59)64-51-43-56(44-52-64)76-80-68-32-16-20-36-72(68)84(76)60-27-11-4-12-28-60/h1-52H. The predicted octanol–water partition coefficient (Wildman–Crippen LogP) is 15.1. The topological polar surface area (TPSA) is 71.3 Å². The van der Waals surface area contributed by atoms with Crippen molar-refractivity contribution in [2.75, 3.05) is 0 Å². The summed E-state index contributed by atoms with van der Waals surface area (Å²) < 4.78 is 9.11. The fourth-order valence-electron chi connectivity index (χ4n) is 12.7. The third-order valence-electron chi connectivity index (χ3n) is 16.6. The Balaban J connectivity index is 0.930. The molecule has 400 valence electrons. The van der Waals surface area contributed by atoms with Gasteiger partial charge in [0.15, 0.2) is 8.07 Å². The van der Waals surface area contributed by atoms with E-state index in [1.165, 1.54) is 20.7 Å². The first-order valence-corrected chi connectivity index (χ1v) is 30.7. The van der Waals surface area contributed by atoms with Crippen LogP contribution in [-0.2, 0) is 0 Å². The summed E-state index contributed by atoms with van der Waals surface area (Å²) in [5, 5.41) is 4.88. The zero-order chi connectivity index (χ0) is 56.3. The molecule has 0 atom stereocenters. The first-order valence-electron chi connectivity index (χ1n) is 28.7.